The SMILES string of the molecule is CC1CCC[N+]1(C)C.II. The molecule has 1 heterocycles. The quantitative estimate of drug-likeness (QED) is 0.456. The standard InChI is InChI=1S/C7H16N.I2/c1-7-5-4-6-8(7,2)3;1-2/h7H,4-6H2,1-3H3;/q+1;. The highest BCUT2D eigenvalue weighted by Gasteiger charge is 2.29. The van der Waals surface area contributed by atoms with E-state index in [1.165, 1.54) is 23.9 Å². The number of hydrogen-bond donors (Lipinski definition) is 0. The predicted molar refractivity (Wildman–Crippen MR) is 63.7 cm³/mol. The van der Waals surface area contributed by atoms with Gasteiger partial charge in [-0.3, -0.25) is 0 Å². The first-order chi connectivity index (χ1) is 4.63. The highest BCUT2D eigenvalue weighted by atomic mass is 128. The van der Waals surface area contributed by atoms with Crippen molar-refractivity contribution in [3.8, 4) is 0 Å². The Kier molecular flexibility index (Phi) is 5.86. The average molecular weight is 368 g/mol. The minimum absolute atomic E-state index is 0.898. The summed E-state index contributed by atoms with van der Waals surface area (Å²) in [6.45, 7) is 3.72. The van der Waals surface area contributed by atoms with Crippen molar-refractivity contribution in [1.29, 1.82) is 0 Å². The molecule has 1 fully saturated rings. The van der Waals surface area contributed by atoms with Crippen LogP contribution in [0, 0.1) is 0 Å². The highest BCUT2D eigenvalue weighted by molar-refractivity contribution is 15.0. The van der Waals surface area contributed by atoms with E-state index in [1.807, 2.05) is 0 Å². The van der Waals surface area contributed by atoms with Gasteiger partial charge in [0.25, 0.3) is 0 Å². The summed E-state index contributed by atoms with van der Waals surface area (Å²) in [5.41, 5.74) is 0. The Hall–Kier alpha value is 1.42. The Morgan fingerprint density at radius 2 is 1.80 bits per heavy atom. The fourth-order valence-electron chi connectivity index (χ4n) is 1.36. The van der Waals surface area contributed by atoms with Crippen LogP contribution in [0.1, 0.15) is 19.8 Å². The molecule has 0 aromatic carbocycles. The first-order valence-corrected chi connectivity index (χ1v) is 9.88. The first kappa shape index (κ1) is 11.4. The molecular formula is C7H16I2N+. The second-order valence-corrected chi connectivity index (χ2v) is 3.49. The van der Waals surface area contributed by atoms with Crippen molar-refractivity contribution >= 4 is 37.2 Å². The third kappa shape index (κ3) is 3.21. The topological polar surface area (TPSA) is 0 Å². The lowest BCUT2D eigenvalue weighted by molar-refractivity contribution is -0.900. The minimum Gasteiger partial charge on any atom is -0.326 e. The van der Waals surface area contributed by atoms with Gasteiger partial charge in [-0.25, -0.2) is 0 Å². The van der Waals surface area contributed by atoms with Gasteiger partial charge in [0.2, 0.25) is 0 Å². The first-order valence-electron chi connectivity index (χ1n) is 3.60. The molecule has 1 aliphatic heterocycles. The molecule has 3 heteroatoms. The van der Waals surface area contributed by atoms with Crippen LogP contribution in [-0.4, -0.2) is 31.2 Å². The van der Waals surface area contributed by atoms with E-state index in [9.17, 15) is 0 Å². The van der Waals surface area contributed by atoms with E-state index < -0.39 is 0 Å². The lowest BCUT2D eigenvalue weighted by Crippen LogP contribution is -2.41. The molecule has 1 rings (SSSR count). The van der Waals surface area contributed by atoms with Gasteiger partial charge in [0.15, 0.2) is 0 Å². The van der Waals surface area contributed by atoms with Gasteiger partial charge in [-0.1, -0.05) is 0 Å². The molecule has 1 aliphatic rings. The van der Waals surface area contributed by atoms with Crippen molar-refractivity contribution in [3.05, 3.63) is 0 Å². The number of rotatable bonds is 0. The molecule has 10 heavy (non-hydrogen) atoms. The van der Waals surface area contributed by atoms with Crippen LogP contribution in [0.3, 0.4) is 0 Å². The molecule has 0 radical (unpaired) electrons. The molecule has 0 aromatic heterocycles. The summed E-state index contributed by atoms with van der Waals surface area (Å²) in [5, 5.41) is 0. The Morgan fingerprint density at radius 1 is 1.30 bits per heavy atom. The summed E-state index contributed by atoms with van der Waals surface area (Å²) in [6, 6.07) is 0.898. The van der Waals surface area contributed by atoms with E-state index in [1.54, 1.807) is 0 Å². The van der Waals surface area contributed by atoms with E-state index >= 15 is 0 Å². The van der Waals surface area contributed by atoms with Gasteiger partial charge in [-0.2, -0.15) is 0 Å². The Bertz CT molecular complexity index is 93.6. The molecule has 1 nitrogen and oxygen atoms in total. The number of likely N-dealkylation sites (tertiary alicyclic amines) is 1. The summed E-state index contributed by atoms with van der Waals surface area (Å²) in [4.78, 5) is 0. The van der Waals surface area contributed by atoms with Crippen LogP contribution >= 0.6 is 37.2 Å². The van der Waals surface area contributed by atoms with Crippen molar-refractivity contribution < 1.29 is 4.48 Å². The summed E-state index contributed by atoms with van der Waals surface area (Å²) in [5.74, 6) is 0. The van der Waals surface area contributed by atoms with Gasteiger partial charge in [-0.05, 0) is 6.92 Å². The van der Waals surface area contributed by atoms with Gasteiger partial charge in [0.05, 0.1) is 26.7 Å². The number of halogens is 2. The Balaban J connectivity index is 0.000000371. The zero-order chi connectivity index (χ0) is 8.20. The number of nitrogens with zero attached hydrogens (tertiary/aromatic N) is 1. The van der Waals surface area contributed by atoms with E-state index in [0.29, 0.717) is 0 Å². The van der Waals surface area contributed by atoms with Gasteiger partial charge >= 0.3 is 0 Å². The van der Waals surface area contributed by atoms with Crippen LogP contribution in [-0.2, 0) is 0 Å². The lowest BCUT2D eigenvalue weighted by atomic mass is 10.2. The van der Waals surface area contributed by atoms with Crippen molar-refractivity contribution in [1.82, 2.24) is 0 Å². The Labute approximate surface area is 87.5 Å². The molecule has 0 N–H and O–H groups in total. The normalized spacial score (nSPS) is 29.1. The maximum atomic E-state index is 2.34. The van der Waals surface area contributed by atoms with Crippen molar-refractivity contribution in [2.75, 3.05) is 20.6 Å². The molecule has 0 bridgehead atoms. The smallest absolute Gasteiger partial charge is 0.0859 e. The molecule has 0 amide bonds. The van der Waals surface area contributed by atoms with E-state index in [-0.39, 0.29) is 0 Å². The van der Waals surface area contributed by atoms with Crippen molar-refractivity contribution in [2.45, 2.75) is 25.8 Å². The summed E-state index contributed by atoms with van der Waals surface area (Å²) in [7, 11) is 4.63. The summed E-state index contributed by atoms with van der Waals surface area (Å²) >= 11 is 4.24. The van der Waals surface area contributed by atoms with Crippen molar-refractivity contribution in [2.24, 2.45) is 0 Å². The van der Waals surface area contributed by atoms with Crippen LogP contribution in [0.4, 0.5) is 0 Å². The monoisotopic (exact) mass is 368 g/mol. The molecule has 62 valence electrons. The van der Waals surface area contributed by atoms with Gasteiger partial charge < -0.3 is 4.48 Å². The second-order valence-electron chi connectivity index (χ2n) is 3.49. The highest BCUT2D eigenvalue weighted by Crippen LogP contribution is 2.20. The van der Waals surface area contributed by atoms with Crippen LogP contribution < -0.4 is 0 Å². The Morgan fingerprint density at radius 3 is 1.90 bits per heavy atom. The van der Waals surface area contributed by atoms with Gasteiger partial charge in [0.1, 0.15) is 0 Å². The fraction of sp³-hybridized carbons (Fsp3) is 1.00. The van der Waals surface area contributed by atoms with Crippen LogP contribution in [0.25, 0.3) is 0 Å². The third-order valence-electron chi connectivity index (χ3n) is 2.55. The molecule has 0 saturated carbocycles. The van der Waals surface area contributed by atoms with E-state index in [0.717, 1.165) is 6.04 Å². The molecule has 0 spiro atoms. The molecule has 1 atom stereocenters. The molecule has 1 unspecified atom stereocenters. The lowest BCUT2D eigenvalue weighted by Gasteiger charge is -2.28. The zero-order valence-corrected chi connectivity index (χ0v) is 11.2. The third-order valence-corrected chi connectivity index (χ3v) is 2.55. The molecular weight excluding hydrogens is 352 g/mol. The predicted octanol–water partition coefficient (Wildman–Crippen LogP) is 3.02. The number of hydrogen-bond acceptors (Lipinski definition) is 0. The van der Waals surface area contributed by atoms with Crippen LogP contribution in [0.5, 0.6) is 0 Å². The maximum absolute atomic E-state index is 2.34. The molecule has 0 aromatic rings. The van der Waals surface area contributed by atoms with E-state index in [4.69, 9.17) is 0 Å². The fourth-order valence-corrected chi connectivity index (χ4v) is 1.36. The zero-order valence-electron chi connectivity index (χ0n) is 6.90. The van der Waals surface area contributed by atoms with Gasteiger partial charge in [0, 0.05) is 50.1 Å². The van der Waals surface area contributed by atoms with Crippen molar-refractivity contribution in [3.63, 3.8) is 0 Å². The van der Waals surface area contributed by atoms with E-state index in [2.05, 4.69) is 58.3 Å². The average Bonchev–Trinajstić information content (AvgIpc) is 2.17. The van der Waals surface area contributed by atoms with Crippen LogP contribution in [0.15, 0.2) is 0 Å². The number of quaternary nitrogens is 1. The second kappa shape index (κ2) is 5.13. The maximum Gasteiger partial charge on any atom is 0.0859 e. The summed E-state index contributed by atoms with van der Waals surface area (Å²) < 4.78 is 1.24. The molecule has 1 saturated heterocycles. The summed E-state index contributed by atoms with van der Waals surface area (Å²) in [6.07, 6.45) is 2.85. The minimum atomic E-state index is 0.898. The largest absolute Gasteiger partial charge is 0.326 e. The van der Waals surface area contributed by atoms with Crippen LogP contribution in [0.2, 0.25) is 0 Å². The molecule has 0 aliphatic carbocycles. The van der Waals surface area contributed by atoms with Gasteiger partial charge in [-0.15, -0.1) is 0 Å².